The van der Waals surface area contributed by atoms with Crippen LogP contribution in [0.5, 0.6) is 11.5 Å². The summed E-state index contributed by atoms with van der Waals surface area (Å²) in [6, 6.07) is 21.0. The molecule has 28 heavy (non-hydrogen) atoms. The molecule has 144 valence electrons. The topological polar surface area (TPSA) is 47.6 Å². The van der Waals surface area contributed by atoms with Crippen molar-refractivity contribution >= 4 is 27.5 Å². The minimum atomic E-state index is -0.206. The maximum Gasteiger partial charge on any atom is 0.255 e. The van der Waals surface area contributed by atoms with Crippen molar-refractivity contribution in [1.82, 2.24) is 0 Å². The van der Waals surface area contributed by atoms with Crippen LogP contribution in [0.3, 0.4) is 0 Å². The Morgan fingerprint density at radius 3 is 2.43 bits per heavy atom. The second kappa shape index (κ2) is 9.42. The zero-order chi connectivity index (χ0) is 19.9. The van der Waals surface area contributed by atoms with E-state index in [1.165, 1.54) is 0 Å². The van der Waals surface area contributed by atoms with Crippen molar-refractivity contribution in [3.05, 3.63) is 87.9 Å². The first-order chi connectivity index (χ1) is 13.6. The summed E-state index contributed by atoms with van der Waals surface area (Å²) >= 11 is 3.51. The first-order valence-corrected chi connectivity index (χ1v) is 9.88. The summed E-state index contributed by atoms with van der Waals surface area (Å²) in [5.74, 6) is 0.906. The maximum atomic E-state index is 12.8. The van der Waals surface area contributed by atoms with Crippen LogP contribution in [0, 0.1) is 6.92 Å². The molecule has 0 spiro atoms. The SMILES string of the molecule is CCOc1c(Br)cc(C(=O)Nc2ccccc2C)cc1OCc1ccccc1. The van der Waals surface area contributed by atoms with E-state index in [0.717, 1.165) is 16.8 Å². The number of hydrogen-bond acceptors (Lipinski definition) is 3. The van der Waals surface area contributed by atoms with Crippen molar-refractivity contribution in [2.24, 2.45) is 0 Å². The normalized spacial score (nSPS) is 10.4. The van der Waals surface area contributed by atoms with E-state index in [9.17, 15) is 4.79 Å². The van der Waals surface area contributed by atoms with Crippen molar-refractivity contribution in [2.75, 3.05) is 11.9 Å². The highest BCUT2D eigenvalue weighted by atomic mass is 79.9. The number of amides is 1. The Morgan fingerprint density at radius 1 is 1.00 bits per heavy atom. The number of aryl methyl sites for hydroxylation is 1. The molecule has 0 bridgehead atoms. The molecule has 0 unspecified atom stereocenters. The fourth-order valence-corrected chi connectivity index (χ4v) is 3.29. The van der Waals surface area contributed by atoms with Gasteiger partial charge in [0.2, 0.25) is 0 Å². The van der Waals surface area contributed by atoms with Gasteiger partial charge in [-0.1, -0.05) is 48.5 Å². The monoisotopic (exact) mass is 439 g/mol. The maximum absolute atomic E-state index is 12.8. The third-order valence-electron chi connectivity index (χ3n) is 4.19. The number of ether oxygens (including phenoxy) is 2. The number of nitrogens with one attached hydrogen (secondary N) is 1. The molecule has 1 N–H and O–H groups in total. The Balaban J connectivity index is 1.86. The van der Waals surface area contributed by atoms with Crippen molar-refractivity contribution < 1.29 is 14.3 Å². The Morgan fingerprint density at radius 2 is 1.71 bits per heavy atom. The van der Waals surface area contributed by atoms with E-state index in [1.807, 2.05) is 68.4 Å². The number of benzene rings is 3. The van der Waals surface area contributed by atoms with E-state index in [1.54, 1.807) is 12.1 Å². The number of hydrogen-bond donors (Lipinski definition) is 1. The Hall–Kier alpha value is -2.79. The van der Waals surface area contributed by atoms with E-state index in [2.05, 4.69) is 21.2 Å². The molecule has 3 aromatic carbocycles. The lowest BCUT2D eigenvalue weighted by molar-refractivity contribution is 0.102. The summed E-state index contributed by atoms with van der Waals surface area (Å²) in [5.41, 5.74) is 3.31. The van der Waals surface area contributed by atoms with Crippen LogP contribution in [0.2, 0.25) is 0 Å². The average Bonchev–Trinajstić information content (AvgIpc) is 2.70. The van der Waals surface area contributed by atoms with Crippen LogP contribution in [-0.4, -0.2) is 12.5 Å². The van der Waals surface area contributed by atoms with E-state index < -0.39 is 0 Å². The quantitative estimate of drug-likeness (QED) is 0.491. The van der Waals surface area contributed by atoms with Gasteiger partial charge in [-0.05, 0) is 59.1 Å². The summed E-state index contributed by atoms with van der Waals surface area (Å²) in [4.78, 5) is 12.8. The fourth-order valence-electron chi connectivity index (χ4n) is 2.73. The van der Waals surface area contributed by atoms with Gasteiger partial charge in [0.25, 0.3) is 5.91 Å². The Kier molecular flexibility index (Phi) is 6.71. The zero-order valence-electron chi connectivity index (χ0n) is 15.9. The highest BCUT2D eigenvalue weighted by Gasteiger charge is 2.17. The van der Waals surface area contributed by atoms with E-state index in [0.29, 0.717) is 34.7 Å². The molecule has 0 saturated carbocycles. The van der Waals surface area contributed by atoms with E-state index >= 15 is 0 Å². The van der Waals surface area contributed by atoms with Gasteiger partial charge in [-0.15, -0.1) is 0 Å². The van der Waals surface area contributed by atoms with Crippen LogP contribution < -0.4 is 14.8 Å². The fraction of sp³-hybridized carbons (Fsp3) is 0.174. The number of carbonyl (C=O) groups excluding carboxylic acids is 1. The zero-order valence-corrected chi connectivity index (χ0v) is 17.5. The molecule has 0 aliphatic heterocycles. The molecule has 4 nitrogen and oxygen atoms in total. The van der Waals surface area contributed by atoms with Crippen LogP contribution in [0.4, 0.5) is 5.69 Å². The smallest absolute Gasteiger partial charge is 0.255 e. The molecule has 5 heteroatoms. The predicted molar refractivity (Wildman–Crippen MR) is 115 cm³/mol. The molecule has 0 fully saturated rings. The molecule has 1 amide bonds. The second-order valence-corrected chi connectivity index (χ2v) is 7.12. The number of carbonyl (C=O) groups is 1. The van der Waals surface area contributed by atoms with E-state index in [4.69, 9.17) is 9.47 Å². The summed E-state index contributed by atoms with van der Waals surface area (Å²) in [5, 5.41) is 2.95. The molecule has 0 atom stereocenters. The predicted octanol–water partition coefficient (Wildman–Crippen LogP) is 5.99. The molecule has 0 radical (unpaired) electrons. The summed E-state index contributed by atoms with van der Waals surface area (Å²) in [7, 11) is 0. The molecule has 0 aliphatic carbocycles. The van der Waals surface area contributed by atoms with Gasteiger partial charge in [0, 0.05) is 11.3 Å². The highest BCUT2D eigenvalue weighted by Crippen LogP contribution is 2.37. The summed E-state index contributed by atoms with van der Waals surface area (Å²) < 4.78 is 12.4. The third kappa shape index (κ3) is 4.93. The molecule has 3 rings (SSSR count). The molecule has 0 heterocycles. The van der Waals surface area contributed by atoms with Gasteiger partial charge >= 0.3 is 0 Å². The number of anilines is 1. The average molecular weight is 440 g/mol. The van der Waals surface area contributed by atoms with Gasteiger partial charge in [-0.3, -0.25) is 4.79 Å². The first kappa shape index (κ1) is 20.0. The van der Waals surface area contributed by atoms with Crippen LogP contribution in [0.25, 0.3) is 0 Å². The van der Waals surface area contributed by atoms with Crippen molar-refractivity contribution in [1.29, 1.82) is 0 Å². The van der Waals surface area contributed by atoms with Gasteiger partial charge in [0.1, 0.15) is 6.61 Å². The standard InChI is InChI=1S/C23H22BrNO3/c1-3-27-22-19(24)13-18(23(26)25-20-12-8-7-9-16(20)2)14-21(22)28-15-17-10-5-4-6-11-17/h4-14H,3,15H2,1-2H3,(H,25,26). The number of para-hydroxylation sites is 1. The Bertz CT molecular complexity index is 957. The van der Waals surface area contributed by atoms with Crippen LogP contribution in [-0.2, 0) is 6.61 Å². The number of halogens is 1. The third-order valence-corrected chi connectivity index (χ3v) is 4.78. The van der Waals surface area contributed by atoms with Gasteiger partial charge in [0.05, 0.1) is 11.1 Å². The van der Waals surface area contributed by atoms with Crippen LogP contribution >= 0.6 is 15.9 Å². The lowest BCUT2D eigenvalue weighted by Crippen LogP contribution is -2.13. The van der Waals surface area contributed by atoms with Crippen molar-refractivity contribution in [3.8, 4) is 11.5 Å². The highest BCUT2D eigenvalue weighted by molar-refractivity contribution is 9.10. The lowest BCUT2D eigenvalue weighted by Gasteiger charge is -2.16. The lowest BCUT2D eigenvalue weighted by atomic mass is 10.1. The van der Waals surface area contributed by atoms with Gasteiger partial charge in [-0.25, -0.2) is 0 Å². The largest absolute Gasteiger partial charge is 0.489 e. The van der Waals surface area contributed by atoms with Gasteiger partial charge in [0.15, 0.2) is 11.5 Å². The molecule has 0 saturated heterocycles. The molecule has 0 aromatic heterocycles. The minimum absolute atomic E-state index is 0.206. The number of rotatable bonds is 7. The summed E-state index contributed by atoms with van der Waals surface area (Å²) in [6.07, 6.45) is 0. The molecule has 0 aliphatic rings. The van der Waals surface area contributed by atoms with Crippen LogP contribution in [0.15, 0.2) is 71.2 Å². The molecule has 3 aromatic rings. The van der Waals surface area contributed by atoms with E-state index in [-0.39, 0.29) is 5.91 Å². The van der Waals surface area contributed by atoms with Gasteiger partial charge in [-0.2, -0.15) is 0 Å². The Labute approximate surface area is 173 Å². The minimum Gasteiger partial charge on any atom is -0.489 e. The second-order valence-electron chi connectivity index (χ2n) is 6.26. The first-order valence-electron chi connectivity index (χ1n) is 9.08. The van der Waals surface area contributed by atoms with Gasteiger partial charge < -0.3 is 14.8 Å². The molecular formula is C23H22BrNO3. The van der Waals surface area contributed by atoms with Crippen molar-refractivity contribution in [3.63, 3.8) is 0 Å². The summed E-state index contributed by atoms with van der Waals surface area (Å²) in [6.45, 7) is 4.75. The van der Waals surface area contributed by atoms with Crippen LogP contribution in [0.1, 0.15) is 28.4 Å². The molecular weight excluding hydrogens is 418 g/mol. The van der Waals surface area contributed by atoms with Crippen molar-refractivity contribution in [2.45, 2.75) is 20.5 Å².